The maximum absolute atomic E-state index is 9.74. The van der Waals surface area contributed by atoms with E-state index in [4.69, 9.17) is 10.5 Å². The molecule has 0 saturated carbocycles. The first-order valence-corrected chi connectivity index (χ1v) is 8.88. The quantitative estimate of drug-likeness (QED) is 0.895. The number of nitrogens with two attached hydrogens (primary N) is 1. The van der Waals surface area contributed by atoms with Crippen LogP contribution in [0.5, 0.6) is 5.75 Å². The predicted molar refractivity (Wildman–Crippen MR) is 101 cm³/mol. The number of nitrogen functional groups attached to an aromatic ring is 1. The van der Waals surface area contributed by atoms with E-state index in [1.807, 2.05) is 0 Å². The van der Waals surface area contributed by atoms with E-state index in [0.717, 1.165) is 59.4 Å². The van der Waals surface area contributed by atoms with Crippen LogP contribution in [0.4, 0.5) is 5.82 Å². The lowest BCUT2D eigenvalue weighted by Gasteiger charge is -2.23. The Labute approximate surface area is 149 Å². The van der Waals surface area contributed by atoms with Crippen LogP contribution in [-0.2, 0) is 12.8 Å². The van der Waals surface area contributed by atoms with E-state index in [-0.39, 0.29) is 0 Å². The average Bonchev–Trinajstić information content (AvgIpc) is 2.60. The van der Waals surface area contributed by atoms with Gasteiger partial charge in [0.25, 0.3) is 0 Å². The molecule has 1 aromatic heterocycles. The third kappa shape index (κ3) is 2.95. The van der Waals surface area contributed by atoms with Crippen molar-refractivity contribution in [3.63, 3.8) is 0 Å². The van der Waals surface area contributed by atoms with Crippen LogP contribution in [0.1, 0.15) is 60.6 Å². The summed E-state index contributed by atoms with van der Waals surface area (Å²) >= 11 is 0. The van der Waals surface area contributed by atoms with Crippen LogP contribution in [0.2, 0.25) is 0 Å². The van der Waals surface area contributed by atoms with Crippen molar-refractivity contribution in [2.75, 3.05) is 12.8 Å². The van der Waals surface area contributed by atoms with Crippen molar-refractivity contribution in [3.8, 4) is 22.9 Å². The molecule has 1 aromatic carbocycles. The van der Waals surface area contributed by atoms with Crippen molar-refractivity contribution >= 4 is 5.82 Å². The molecule has 1 aliphatic carbocycles. The Morgan fingerprint density at radius 1 is 1.24 bits per heavy atom. The van der Waals surface area contributed by atoms with Crippen molar-refractivity contribution in [1.82, 2.24) is 4.98 Å². The Balaban J connectivity index is 2.35. The van der Waals surface area contributed by atoms with Gasteiger partial charge in [-0.3, -0.25) is 0 Å². The minimum Gasteiger partial charge on any atom is -0.496 e. The van der Waals surface area contributed by atoms with Crippen LogP contribution in [-0.4, -0.2) is 12.1 Å². The zero-order valence-electron chi connectivity index (χ0n) is 15.4. The molecular formula is C21H25N3O. The molecule has 0 radical (unpaired) electrons. The van der Waals surface area contributed by atoms with Crippen molar-refractivity contribution in [1.29, 1.82) is 5.26 Å². The number of aryl methyl sites for hydroxylation is 2. The summed E-state index contributed by atoms with van der Waals surface area (Å²) in [5, 5.41) is 9.74. The van der Waals surface area contributed by atoms with Gasteiger partial charge in [0.15, 0.2) is 0 Å². The molecule has 0 amide bonds. The van der Waals surface area contributed by atoms with E-state index in [1.165, 1.54) is 5.56 Å². The maximum Gasteiger partial charge on any atom is 0.142 e. The standard InChI is InChI=1S/C21H25N3O/c1-12(2)15-10-16(13(3)9-19(15)25-4)20-14-7-5-6-8-18(14)24-21(23)17(20)11-22/h9-10,12H,5-8H2,1-4H3,(H2,23,24). The molecule has 2 N–H and O–H groups in total. The number of rotatable bonds is 3. The van der Waals surface area contributed by atoms with Gasteiger partial charge in [-0.1, -0.05) is 13.8 Å². The maximum atomic E-state index is 9.74. The molecular weight excluding hydrogens is 310 g/mol. The molecule has 4 heteroatoms. The highest BCUT2D eigenvalue weighted by Crippen LogP contribution is 2.40. The minimum atomic E-state index is 0.329. The van der Waals surface area contributed by atoms with Crippen LogP contribution in [0.3, 0.4) is 0 Å². The van der Waals surface area contributed by atoms with Crippen LogP contribution < -0.4 is 10.5 Å². The number of benzene rings is 1. The molecule has 0 unspecified atom stereocenters. The van der Waals surface area contributed by atoms with Crippen molar-refractivity contribution in [2.45, 2.75) is 52.4 Å². The van der Waals surface area contributed by atoms with Gasteiger partial charge in [-0.15, -0.1) is 0 Å². The van der Waals surface area contributed by atoms with Gasteiger partial charge in [-0.2, -0.15) is 5.26 Å². The Morgan fingerprint density at radius 2 is 1.96 bits per heavy atom. The normalized spacial score (nSPS) is 13.4. The summed E-state index contributed by atoms with van der Waals surface area (Å²) in [4.78, 5) is 4.52. The van der Waals surface area contributed by atoms with E-state index in [0.29, 0.717) is 17.3 Å². The van der Waals surface area contributed by atoms with E-state index in [2.05, 4.69) is 44.0 Å². The second-order valence-corrected chi connectivity index (χ2v) is 7.05. The molecule has 25 heavy (non-hydrogen) atoms. The molecule has 130 valence electrons. The zero-order chi connectivity index (χ0) is 18.1. The second kappa shape index (κ2) is 6.76. The summed E-state index contributed by atoms with van der Waals surface area (Å²) in [6, 6.07) is 6.54. The highest BCUT2D eigenvalue weighted by molar-refractivity contribution is 5.82. The molecule has 3 rings (SSSR count). The van der Waals surface area contributed by atoms with Gasteiger partial charge >= 0.3 is 0 Å². The van der Waals surface area contributed by atoms with Crippen LogP contribution in [0.15, 0.2) is 12.1 Å². The number of ether oxygens (including phenoxy) is 1. The van der Waals surface area contributed by atoms with Gasteiger partial charge in [-0.25, -0.2) is 4.98 Å². The molecule has 1 heterocycles. The van der Waals surface area contributed by atoms with Gasteiger partial charge in [0.2, 0.25) is 0 Å². The fourth-order valence-corrected chi connectivity index (χ4v) is 3.77. The highest BCUT2D eigenvalue weighted by atomic mass is 16.5. The number of nitrogens with zero attached hydrogens (tertiary/aromatic N) is 2. The molecule has 2 aromatic rings. The molecule has 0 aliphatic heterocycles. The fraction of sp³-hybridized carbons (Fsp3) is 0.429. The lowest BCUT2D eigenvalue weighted by molar-refractivity contribution is 0.407. The number of methoxy groups -OCH3 is 1. The van der Waals surface area contributed by atoms with Gasteiger partial charge in [0.05, 0.1) is 7.11 Å². The third-order valence-corrected chi connectivity index (χ3v) is 5.08. The highest BCUT2D eigenvalue weighted by Gasteiger charge is 2.24. The summed E-state index contributed by atoms with van der Waals surface area (Å²) in [6.07, 6.45) is 4.14. The Bertz CT molecular complexity index is 863. The van der Waals surface area contributed by atoms with E-state index < -0.39 is 0 Å². The van der Waals surface area contributed by atoms with Crippen LogP contribution in [0.25, 0.3) is 11.1 Å². The summed E-state index contributed by atoms with van der Waals surface area (Å²) in [5.41, 5.74) is 13.2. The molecule has 4 nitrogen and oxygen atoms in total. The molecule has 0 fully saturated rings. The Kier molecular flexibility index (Phi) is 4.67. The first kappa shape index (κ1) is 17.3. The van der Waals surface area contributed by atoms with E-state index >= 15 is 0 Å². The molecule has 0 atom stereocenters. The minimum absolute atomic E-state index is 0.329. The largest absolute Gasteiger partial charge is 0.496 e. The first-order chi connectivity index (χ1) is 12.0. The van der Waals surface area contributed by atoms with Crippen molar-refractivity contribution in [3.05, 3.63) is 40.1 Å². The SMILES string of the molecule is COc1cc(C)c(-c2c(C#N)c(N)nc3c2CCCC3)cc1C(C)C. The number of hydrogen-bond donors (Lipinski definition) is 1. The molecule has 0 spiro atoms. The van der Waals surface area contributed by atoms with Crippen molar-refractivity contribution < 1.29 is 4.74 Å². The van der Waals surface area contributed by atoms with Crippen LogP contribution in [0, 0.1) is 18.3 Å². The molecule has 1 aliphatic rings. The van der Waals surface area contributed by atoms with Gasteiger partial charge in [0.1, 0.15) is 23.2 Å². The fourth-order valence-electron chi connectivity index (χ4n) is 3.77. The number of pyridine rings is 1. The molecule has 0 saturated heterocycles. The Hall–Kier alpha value is -2.54. The van der Waals surface area contributed by atoms with Crippen molar-refractivity contribution in [2.24, 2.45) is 0 Å². The topological polar surface area (TPSA) is 71.9 Å². The Morgan fingerprint density at radius 3 is 2.60 bits per heavy atom. The predicted octanol–water partition coefficient (Wildman–Crippen LogP) is 4.52. The van der Waals surface area contributed by atoms with Crippen LogP contribution >= 0.6 is 0 Å². The van der Waals surface area contributed by atoms with Gasteiger partial charge in [0, 0.05) is 11.3 Å². The molecule has 0 bridgehead atoms. The summed E-state index contributed by atoms with van der Waals surface area (Å²) in [5.74, 6) is 1.57. The number of aromatic nitrogens is 1. The van der Waals surface area contributed by atoms with E-state index in [1.54, 1.807) is 7.11 Å². The second-order valence-electron chi connectivity index (χ2n) is 7.05. The number of nitriles is 1. The summed E-state index contributed by atoms with van der Waals surface area (Å²) in [6.45, 7) is 6.37. The van der Waals surface area contributed by atoms with Gasteiger partial charge in [-0.05, 0) is 72.9 Å². The average molecular weight is 335 g/mol. The van der Waals surface area contributed by atoms with Gasteiger partial charge < -0.3 is 10.5 Å². The monoisotopic (exact) mass is 335 g/mol. The first-order valence-electron chi connectivity index (χ1n) is 8.88. The smallest absolute Gasteiger partial charge is 0.142 e. The number of anilines is 1. The van der Waals surface area contributed by atoms with E-state index in [9.17, 15) is 5.26 Å². The summed E-state index contributed by atoms with van der Waals surface area (Å²) < 4.78 is 5.57. The third-order valence-electron chi connectivity index (χ3n) is 5.08. The number of hydrogen-bond acceptors (Lipinski definition) is 4. The lowest BCUT2D eigenvalue weighted by Crippen LogP contribution is -2.12. The lowest BCUT2D eigenvalue weighted by atomic mass is 9.84. The summed E-state index contributed by atoms with van der Waals surface area (Å²) in [7, 11) is 1.70. The zero-order valence-corrected chi connectivity index (χ0v) is 15.4. The number of fused-ring (bicyclic) bond motifs is 1.